The zero-order valence-corrected chi connectivity index (χ0v) is 24.4. The van der Waals surface area contributed by atoms with Crippen molar-refractivity contribution in [2.75, 3.05) is 36.3 Å². The number of halogens is 3. The molecule has 0 saturated heterocycles. The molecule has 4 heterocycles. The molecule has 6 rings (SSSR count). The van der Waals surface area contributed by atoms with E-state index < -0.39 is 12.0 Å². The number of benzene rings is 2. The average Bonchev–Trinajstić information content (AvgIpc) is 3.47. The minimum Gasteiger partial charge on any atom is -0.497 e. The minimum atomic E-state index is -4.53. The molecule has 1 aliphatic rings. The van der Waals surface area contributed by atoms with Crippen LogP contribution < -0.4 is 25.0 Å². The lowest BCUT2D eigenvalue weighted by atomic mass is 10.1. The second kappa shape index (κ2) is 11.9. The van der Waals surface area contributed by atoms with E-state index in [4.69, 9.17) is 9.47 Å². The van der Waals surface area contributed by atoms with Crippen molar-refractivity contribution in [1.29, 1.82) is 0 Å². The molecule has 228 valence electrons. The molecule has 0 spiro atoms. The Kier molecular flexibility index (Phi) is 7.85. The van der Waals surface area contributed by atoms with Gasteiger partial charge in [0.2, 0.25) is 5.82 Å². The summed E-state index contributed by atoms with van der Waals surface area (Å²) in [6, 6.07) is 15.7. The van der Waals surface area contributed by atoms with Gasteiger partial charge in [0.25, 0.3) is 0 Å². The summed E-state index contributed by atoms with van der Waals surface area (Å²) in [6.07, 6.45) is -0.944. The van der Waals surface area contributed by atoms with Crippen LogP contribution in [0.2, 0.25) is 0 Å². The molecule has 0 aliphatic carbocycles. The van der Waals surface area contributed by atoms with Crippen LogP contribution in [0.3, 0.4) is 0 Å². The zero-order valence-electron chi connectivity index (χ0n) is 24.4. The average molecular weight is 605 g/mol. The number of aromatic nitrogens is 5. The smallest absolute Gasteiger partial charge is 0.451 e. The van der Waals surface area contributed by atoms with E-state index in [9.17, 15) is 13.2 Å². The highest BCUT2D eigenvalue weighted by Crippen LogP contribution is 2.32. The van der Waals surface area contributed by atoms with Crippen molar-refractivity contribution >= 4 is 28.1 Å². The molecule has 1 aliphatic heterocycles. The van der Waals surface area contributed by atoms with Crippen LogP contribution in [0.1, 0.15) is 28.3 Å². The van der Waals surface area contributed by atoms with Crippen LogP contribution >= 0.6 is 0 Å². The van der Waals surface area contributed by atoms with Crippen molar-refractivity contribution in [1.82, 2.24) is 24.7 Å². The predicted molar refractivity (Wildman–Crippen MR) is 161 cm³/mol. The molecule has 3 aromatic heterocycles. The van der Waals surface area contributed by atoms with Gasteiger partial charge in [-0.1, -0.05) is 12.1 Å². The standard InChI is InChI=1S/C31H31F3N8O2/c1-19-13-27(41-11-12-42-28(18-41)39-40-30(42)31(32,33)34)37-17-21(19)16-36-25-6-4-5-24-23(25)9-10-35-29(24)38-15-20-7-8-22(43-2)14-26(20)44-3/h4-10,13-14,17,36H,11-12,15-16,18H2,1-3H3,(H,35,38). The monoisotopic (exact) mass is 604 g/mol. The summed E-state index contributed by atoms with van der Waals surface area (Å²) in [5.41, 5.74) is 3.95. The number of pyridine rings is 2. The van der Waals surface area contributed by atoms with Crippen molar-refractivity contribution in [3.63, 3.8) is 0 Å². The largest absolute Gasteiger partial charge is 0.497 e. The maximum absolute atomic E-state index is 13.2. The van der Waals surface area contributed by atoms with E-state index in [1.54, 1.807) is 26.6 Å². The number of rotatable bonds is 9. The van der Waals surface area contributed by atoms with Gasteiger partial charge in [-0.2, -0.15) is 13.2 Å². The Labute approximate surface area is 251 Å². The highest BCUT2D eigenvalue weighted by molar-refractivity contribution is 5.99. The fourth-order valence-corrected chi connectivity index (χ4v) is 5.36. The molecule has 0 radical (unpaired) electrons. The van der Waals surface area contributed by atoms with Gasteiger partial charge in [-0.15, -0.1) is 10.2 Å². The van der Waals surface area contributed by atoms with Gasteiger partial charge in [-0.25, -0.2) is 9.97 Å². The Morgan fingerprint density at radius 3 is 2.50 bits per heavy atom. The molecule has 0 unspecified atom stereocenters. The maximum Gasteiger partial charge on any atom is 0.451 e. The van der Waals surface area contributed by atoms with Gasteiger partial charge >= 0.3 is 6.18 Å². The van der Waals surface area contributed by atoms with E-state index in [2.05, 4.69) is 30.8 Å². The van der Waals surface area contributed by atoms with Crippen LogP contribution in [-0.4, -0.2) is 45.5 Å². The molecule has 2 N–H and O–H groups in total. The van der Waals surface area contributed by atoms with Crippen LogP contribution in [0.5, 0.6) is 11.5 Å². The number of fused-ring (bicyclic) bond motifs is 2. The van der Waals surface area contributed by atoms with Crippen molar-refractivity contribution in [3.8, 4) is 11.5 Å². The van der Waals surface area contributed by atoms with Gasteiger partial charge in [0.05, 0.1) is 20.8 Å². The first kappa shape index (κ1) is 29.0. The van der Waals surface area contributed by atoms with E-state index in [1.165, 1.54) is 0 Å². The summed E-state index contributed by atoms with van der Waals surface area (Å²) >= 11 is 0. The first-order valence-corrected chi connectivity index (χ1v) is 14.0. The highest BCUT2D eigenvalue weighted by atomic mass is 19.4. The minimum absolute atomic E-state index is 0.141. The number of methoxy groups -OCH3 is 2. The molecule has 0 saturated carbocycles. The van der Waals surface area contributed by atoms with Crippen LogP contribution in [0.4, 0.5) is 30.5 Å². The second-order valence-corrected chi connectivity index (χ2v) is 10.4. The van der Waals surface area contributed by atoms with Crippen LogP contribution in [0.15, 0.2) is 60.9 Å². The van der Waals surface area contributed by atoms with Crippen molar-refractivity contribution < 1.29 is 22.6 Å². The molecule has 5 aromatic rings. The molecule has 0 fully saturated rings. The molecule has 0 amide bonds. The number of nitrogens with one attached hydrogen (secondary N) is 2. The van der Waals surface area contributed by atoms with Gasteiger partial charge in [-0.05, 0) is 48.4 Å². The zero-order chi connectivity index (χ0) is 30.8. The fraction of sp³-hybridized carbons (Fsp3) is 0.290. The van der Waals surface area contributed by atoms with Crippen LogP contribution in [-0.2, 0) is 32.4 Å². The first-order chi connectivity index (χ1) is 21.2. The quantitative estimate of drug-likeness (QED) is 0.216. The molecule has 10 nitrogen and oxygen atoms in total. The molecule has 44 heavy (non-hydrogen) atoms. The molecule has 2 aromatic carbocycles. The number of anilines is 3. The van der Waals surface area contributed by atoms with Gasteiger partial charge in [0.1, 0.15) is 23.1 Å². The third-order valence-electron chi connectivity index (χ3n) is 7.75. The molecular weight excluding hydrogens is 573 g/mol. The van der Waals surface area contributed by atoms with E-state index in [1.807, 2.05) is 60.4 Å². The normalized spacial score (nSPS) is 13.1. The Morgan fingerprint density at radius 2 is 1.73 bits per heavy atom. The number of alkyl halides is 3. The topological polar surface area (TPSA) is 102 Å². The van der Waals surface area contributed by atoms with Crippen LogP contribution in [0.25, 0.3) is 10.8 Å². The van der Waals surface area contributed by atoms with Gasteiger partial charge in [0.15, 0.2) is 5.82 Å². The van der Waals surface area contributed by atoms with Crippen molar-refractivity contribution in [2.45, 2.75) is 39.3 Å². The Morgan fingerprint density at radius 1 is 0.886 bits per heavy atom. The number of aryl methyl sites for hydroxylation is 1. The summed E-state index contributed by atoms with van der Waals surface area (Å²) < 4.78 is 51.6. The molecule has 13 heteroatoms. The Hall–Kier alpha value is -5.07. The van der Waals surface area contributed by atoms with Crippen molar-refractivity contribution in [2.24, 2.45) is 0 Å². The summed E-state index contributed by atoms with van der Waals surface area (Å²) in [6.45, 7) is 3.78. The Balaban J connectivity index is 1.14. The van der Waals surface area contributed by atoms with E-state index in [0.717, 1.165) is 55.0 Å². The van der Waals surface area contributed by atoms with E-state index in [-0.39, 0.29) is 18.9 Å². The van der Waals surface area contributed by atoms with Crippen molar-refractivity contribution in [3.05, 3.63) is 89.3 Å². The summed E-state index contributed by atoms with van der Waals surface area (Å²) in [4.78, 5) is 11.1. The lowest BCUT2D eigenvalue weighted by Gasteiger charge is -2.29. The molecule has 0 bridgehead atoms. The summed E-state index contributed by atoms with van der Waals surface area (Å²) in [5.74, 6) is 2.22. The van der Waals surface area contributed by atoms with E-state index in [0.29, 0.717) is 25.5 Å². The predicted octanol–water partition coefficient (Wildman–Crippen LogP) is 5.81. The Bertz CT molecular complexity index is 1810. The second-order valence-electron chi connectivity index (χ2n) is 10.4. The third-order valence-corrected chi connectivity index (χ3v) is 7.75. The third kappa shape index (κ3) is 5.77. The lowest BCUT2D eigenvalue weighted by Crippen LogP contribution is -2.35. The molecular formula is C31H31F3N8O2. The first-order valence-electron chi connectivity index (χ1n) is 14.0. The number of nitrogens with zero attached hydrogens (tertiary/aromatic N) is 6. The van der Waals surface area contributed by atoms with Gasteiger partial charge < -0.3 is 29.6 Å². The fourth-order valence-electron chi connectivity index (χ4n) is 5.36. The van der Waals surface area contributed by atoms with E-state index >= 15 is 0 Å². The SMILES string of the molecule is COc1ccc(CNc2nccc3c(NCc4cnc(N5CCn6c(nnc6C(F)(F)F)C5)cc4C)cccc23)c(OC)c1. The number of hydrogen-bond acceptors (Lipinski definition) is 9. The maximum atomic E-state index is 13.2. The number of hydrogen-bond donors (Lipinski definition) is 2. The van der Waals surface area contributed by atoms with Gasteiger partial charge in [-0.3, -0.25) is 0 Å². The molecule has 0 atom stereocenters. The number of ether oxygens (including phenoxy) is 2. The van der Waals surface area contributed by atoms with Crippen LogP contribution in [0, 0.1) is 6.92 Å². The summed E-state index contributed by atoms with van der Waals surface area (Å²) in [5, 5.41) is 16.1. The lowest BCUT2D eigenvalue weighted by molar-refractivity contribution is -0.147. The highest BCUT2D eigenvalue weighted by Gasteiger charge is 2.39. The summed E-state index contributed by atoms with van der Waals surface area (Å²) in [7, 11) is 3.25. The van der Waals surface area contributed by atoms with Gasteiger partial charge in [0, 0.05) is 66.7 Å².